The van der Waals surface area contributed by atoms with E-state index in [1.807, 2.05) is 55.5 Å². The fourth-order valence-corrected chi connectivity index (χ4v) is 3.10. The second-order valence-corrected chi connectivity index (χ2v) is 6.73. The maximum absolute atomic E-state index is 6.00. The van der Waals surface area contributed by atoms with Gasteiger partial charge in [0.05, 0.1) is 12.3 Å². The molecular weight excluding hydrogens is 451 g/mol. The summed E-state index contributed by atoms with van der Waals surface area (Å²) in [5, 5.41) is 15.3. The predicted molar refractivity (Wildman–Crippen MR) is 131 cm³/mol. The quantitative estimate of drug-likeness (QED) is 0.388. The van der Waals surface area contributed by atoms with Crippen LogP contribution in [0.5, 0.6) is 17.5 Å². The van der Waals surface area contributed by atoms with Crippen molar-refractivity contribution in [1.82, 2.24) is 30.4 Å². The Labute approximate surface area is 202 Å². The first-order valence-corrected chi connectivity index (χ1v) is 10.5. The molecule has 1 aromatic heterocycles. The number of hydrogen-bond donors (Lipinski definition) is 1. The number of rotatable bonds is 12. The normalized spacial score (nSPS) is 10.4. The summed E-state index contributed by atoms with van der Waals surface area (Å²) in [6, 6.07) is 15.8. The zero-order valence-electron chi connectivity index (χ0n) is 18.7. The molecule has 0 fully saturated rings. The monoisotopic (exact) mass is 482 g/mol. The molecule has 0 radical (unpaired) electrons. The molecule has 10 heteroatoms. The van der Waals surface area contributed by atoms with Gasteiger partial charge in [0.1, 0.15) is 0 Å². The molecule has 3 aromatic rings. The maximum atomic E-state index is 6.00. The number of ether oxygens (including phenoxy) is 2. The van der Waals surface area contributed by atoms with E-state index in [1.165, 1.54) is 0 Å². The van der Waals surface area contributed by atoms with Gasteiger partial charge in [-0.3, -0.25) is 0 Å². The van der Waals surface area contributed by atoms with Crippen molar-refractivity contribution in [1.29, 1.82) is 0 Å². The maximum Gasteiger partial charge on any atom is 0.346 e. The predicted octanol–water partition coefficient (Wildman–Crippen LogP) is 4.13. The van der Waals surface area contributed by atoms with Gasteiger partial charge in [0.15, 0.2) is 11.5 Å². The molecule has 0 amide bonds. The van der Waals surface area contributed by atoms with E-state index in [2.05, 4.69) is 39.6 Å². The van der Waals surface area contributed by atoms with Crippen LogP contribution >= 0.6 is 24.8 Å². The average molecular weight is 483 g/mol. The molecule has 0 saturated heterocycles. The van der Waals surface area contributed by atoms with Crippen LogP contribution in [-0.4, -0.2) is 57.9 Å². The number of tetrazole rings is 1. The third kappa shape index (κ3) is 7.63. The molecule has 8 nitrogen and oxygen atoms in total. The molecule has 0 atom stereocenters. The number of benzene rings is 2. The van der Waals surface area contributed by atoms with Gasteiger partial charge in [0.2, 0.25) is 0 Å². The summed E-state index contributed by atoms with van der Waals surface area (Å²) in [5.74, 6) is 1.25. The van der Waals surface area contributed by atoms with Gasteiger partial charge in [-0.15, -0.1) is 24.8 Å². The topological polar surface area (TPSA) is 77.3 Å². The van der Waals surface area contributed by atoms with Crippen molar-refractivity contribution < 1.29 is 9.47 Å². The van der Waals surface area contributed by atoms with Gasteiger partial charge >= 0.3 is 6.01 Å². The molecule has 0 spiro atoms. The Morgan fingerprint density at radius 3 is 2.41 bits per heavy atom. The highest BCUT2D eigenvalue weighted by Crippen LogP contribution is 2.32. The Kier molecular flexibility index (Phi) is 12.6. The minimum absolute atomic E-state index is 0. The largest absolute Gasteiger partial charge is 0.490 e. The van der Waals surface area contributed by atoms with E-state index in [1.54, 1.807) is 4.68 Å². The highest BCUT2D eigenvalue weighted by molar-refractivity contribution is 5.85. The minimum atomic E-state index is 0. The number of likely N-dealkylation sites (N-methyl/N-ethyl adjacent to an activating group) is 1. The van der Waals surface area contributed by atoms with E-state index in [4.69, 9.17) is 9.47 Å². The number of aromatic nitrogens is 4. The molecule has 0 saturated carbocycles. The summed E-state index contributed by atoms with van der Waals surface area (Å²) in [5.41, 5.74) is 1.96. The Hall–Kier alpha value is -2.39. The third-order valence-electron chi connectivity index (χ3n) is 4.78. The first-order valence-electron chi connectivity index (χ1n) is 10.5. The van der Waals surface area contributed by atoms with Crippen LogP contribution in [0.4, 0.5) is 0 Å². The molecule has 3 rings (SSSR count). The van der Waals surface area contributed by atoms with E-state index in [9.17, 15) is 0 Å². The summed E-state index contributed by atoms with van der Waals surface area (Å²) in [4.78, 5) is 2.40. The van der Waals surface area contributed by atoms with Gasteiger partial charge in [-0.1, -0.05) is 43.2 Å². The van der Waals surface area contributed by atoms with Crippen LogP contribution in [0, 0.1) is 0 Å². The van der Waals surface area contributed by atoms with Crippen LogP contribution in [0.2, 0.25) is 0 Å². The van der Waals surface area contributed by atoms with Gasteiger partial charge in [-0.2, -0.15) is 4.68 Å². The second-order valence-electron chi connectivity index (χ2n) is 6.73. The van der Waals surface area contributed by atoms with E-state index < -0.39 is 0 Å². The van der Waals surface area contributed by atoms with Crippen LogP contribution in [0.3, 0.4) is 0 Å². The van der Waals surface area contributed by atoms with Crippen molar-refractivity contribution in [3.05, 3.63) is 54.1 Å². The van der Waals surface area contributed by atoms with Gasteiger partial charge in [-0.05, 0) is 60.3 Å². The highest BCUT2D eigenvalue weighted by atomic mass is 35.5. The molecule has 32 heavy (non-hydrogen) atoms. The number of nitrogens with zero attached hydrogens (tertiary/aromatic N) is 5. The second kappa shape index (κ2) is 14.6. The summed E-state index contributed by atoms with van der Waals surface area (Å²) in [6.45, 7) is 11.7. The highest BCUT2D eigenvalue weighted by Gasteiger charge is 2.14. The lowest BCUT2D eigenvalue weighted by Gasteiger charge is -2.18. The van der Waals surface area contributed by atoms with Crippen molar-refractivity contribution in [3.8, 4) is 23.2 Å². The van der Waals surface area contributed by atoms with E-state index >= 15 is 0 Å². The van der Waals surface area contributed by atoms with Crippen molar-refractivity contribution in [2.45, 2.75) is 27.3 Å². The fourth-order valence-electron chi connectivity index (χ4n) is 3.10. The van der Waals surface area contributed by atoms with Gasteiger partial charge in [0.25, 0.3) is 0 Å². The molecule has 0 unspecified atom stereocenters. The van der Waals surface area contributed by atoms with Crippen LogP contribution in [0.25, 0.3) is 5.69 Å². The third-order valence-corrected chi connectivity index (χ3v) is 4.78. The molecule has 1 heterocycles. The summed E-state index contributed by atoms with van der Waals surface area (Å²) in [6.07, 6.45) is 0. The average Bonchev–Trinajstić information content (AvgIpc) is 3.24. The van der Waals surface area contributed by atoms with Crippen molar-refractivity contribution in [2.24, 2.45) is 0 Å². The van der Waals surface area contributed by atoms with Gasteiger partial charge in [-0.25, -0.2) is 0 Å². The zero-order valence-corrected chi connectivity index (χ0v) is 20.4. The van der Waals surface area contributed by atoms with Crippen LogP contribution in [0.1, 0.15) is 26.3 Å². The van der Waals surface area contributed by atoms with E-state index in [-0.39, 0.29) is 30.8 Å². The van der Waals surface area contributed by atoms with Crippen LogP contribution < -0.4 is 14.8 Å². The first-order chi connectivity index (χ1) is 14.7. The molecule has 0 aliphatic carbocycles. The molecular formula is C22H32Cl2N6O2. The molecule has 176 valence electrons. The van der Waals surface area contributed by atoms with Crippen molar-refractivity contribution in [3.63, 3.8) is 0 Å². The van der Waals surface area contributed by atoms with Gasteiger partial charge in [0, 0.05) is 19.6 Å². The Morgan fingerprint density at radius 1 is 0.969 bits per heavy atom. The van der Waals surface area contributed by atoms with Crippen molar-refractivity contribution in [2.75, 3.05) is 32.8 Å². The lowest BCUT2D eigenvalue weighted by molar-refractivity contribution is 0.302. The fraction of sp³-hybridized carbons (Fsp3) is 0.409. The molecule has 0 aliphatic rings. The first kappa shape index (κ1) is 27.6. The Balaban J connectivity index is 0.00000256. The summed E-state index contributed by atoms with van der Waals surface area (Å²) < 4.78 is 13.4. The lowest BCUT2D eigenvalue weighted by Crippen LogP contribution is -2.31. The molecule has 2 aromatic carbocycles. The summed E-state index contributed by atoms with van der Waals surface area (Å²) >= 11 is 0. The smallest absolute Gasteiger partial charge is 0.346 e. The van der Waals surface area contributed by atoms with Gasteiger partial charge < -0.3 is 19.7 Å². The van der Waals surface area contributed by atoms with Crippen molar-refractivity contribution >= 4 is 24.8 Å². The number of para-hydroxylation sites is 1. The lowest BCUT2D eigenvalue weighted by atomic mass is 10.2. The number of hydrogen-bond acceptors (Lipinski definition) is 7. The molecule has 1 N–H and O–H groups in total. The van der Waals surface area contributed by atoms with Crippen LogP contribution in [-0.2, 0) is 6.54 Å². The van der Waals surface area contributed by atoms with Crippen LogP contribution in [0.15, 0.2) is 48.5 Å². The van der Waals surface area contributed by atoms with E-state index in [0.29, 0.717) is 18.1 Å². The SMILES string of the molecule is CCOc1cc(CNCCN(CC)CC)ccc1Oc1nnnn1-c1ccccc1.Cl.Cl. The Morgan fingerprint density at radius 2 is 1.72 bits per heavy atom. The van der Waals surface area contributed by atoms with E-state index in [0.717, 1.165) is 44.0 Å². The summed E-state index contributed by atoms with van der Waals surface area (Å²) in [7, 11) is 0. The molecule has 0 bridgehead atoms. The zero-order chi connectivity index (χ0) is 21.2. The number of halogens is 2. The minimum Gasteiger partial charge on any atom is -0.490 e. The molecule has 0 aliphatic heterocycles. The number of nitrogens with one attached hydrogen (secondary N) is 1. The standard InChI is InChI=1S/C22H30N6O2.2ClH/c1-4-27(5-2)15-14-23-17-18-12-13-20(21(16-18)29-6-3)30-22-24-25-26-28(22)19-10-8-7-9-11-19;;/h7-13,16,23H,4-6,14-15,17H2,1-3H3;2*1H. The Bertz CT molecular complexity index is 906.